The van der Waals surface area contributed by atoms with Gasteiger partial charge in [0.05, 0.1) is 0 Å². The number of unbranched alkanes of at least 4 members (excludes halogenated alkanes) is 1. The molecule has 0 amide bonds. The Kier molecular flexibility index (Phi) is 8.71. The monoisotopic (exact) mass is 347 g/mol. The topological polar surface area (TPSA) is 21.3 Å². The van der Waals surface area contributed by atoms with Gasteiger partial charge in [-0.2, -0.15) is 0 Å². The summed E-state index contributed by atoms with van der Waals surface area (Å²) < 4.78 is 6.54. The third-order valence-corrected chi connectivity index (χ3v) is 3.81. The molecule has 1 unspecified atom stereocenters. The lowest BCUT2D eigenvalue weighted by molar-refractivity contribution is 0.128. The Bertz CT molecular complexity index is 373. The first kappa shape index (κ1) is 17.0. The van der Waals surface area contributed by atoms with Crippen LogP contribution in [0.3, 0.4) is 0 Å². The van der Waals surface area contributed by atoms with Crippen LogP contribution in [0.4, 0.5) is 0 Å². The average molecular weight is 349 g/mol. The van der Waals surface area contributed by atoms with Crippen LogP contribution in [0.15, 0.2) is 22.7 Å². The fraction of sp³-hybridized carbons (Fsp3) is 0.600. The fourth-order valence-corrected chi connectivity index (χ4v) is 2.64. The summed E-state index contributed by atoms with van der Waals surface area (Å²) in [6, 6.07) is 6.27. The highest BCUT2D eigenvalue weighted by Gasteiger charge is 2.08. The molecule has 1 aromatic rings. The minimum absolute atomic E-state index is 0.260. The van der Waals surface area contributed by atoms with Gasteiger partial charge in [0.1, 0.15) is 0 Å². The molecule has 1 aromatic carbocycles. The van der Waals surface area contributed by atoms with Crippen LogP contribution in [0.1, 0.15) is 44.7 Å². The van der Waals surface area contributed by atoms with Crippen molar-refractivity contribution in [2.75, 3.05) is 19.8 Å². The summed E-state index contributed by atoms with van der Waals surface area (Å²) >= 11 is 9.64. The maximum absolute atomic E-state index is 6.23. The number of hydrogen-bond donors (Lipinski definition) is 1. The predicted molar refractivity (Wildman–Crippen MR) is 85.9 cm³/mol. The Morgan fingerprint density at radius 3 is 2.74 bits per heavy atom. The lowest BCUT2D eigenvalue weighted by atomic mass is 10.1. The highest BCUT2D eigenvalue weighted by Crippen LogP contribution is 2.26. The van der Waals surface area contributed by atoms with E-state index >= 15 is 0 Å². The number of hydrogen-bond acceptors (Lipinski definition) is 2. The van der Waals surface area contributed by atoms with E-state index in [1.54, 1.807) is 0 Å². The van der Waals surface area contributed by atoms with Gasteiger partial charge in [0.15, 0.2) is 0 Å². The van der Waals surface area contributed by atoms with Gasteiger partial charge in [-0.25, -0.2) is 0 Å². The van der Waals surface area contributed by atoms with Gasteiger partial charge in [0.2, 0.25) is 0 Å². The molecule has 4 heteroatoms. The van der Waals surface area contributed by atoms with E-state index in [2.05, 4.69) is 41.2 Å². The third-order valence-electron chi connectivity index (χ3n) is 2.99. The molecule has 0 spiro atoms. The summed E-state index contributed by atoms with van der Waals surface area (Å²) in [5, 5.41) is 4.27. The van der Waals surface area contributed by atoms with E-state index in [-0.39, 0.29) is 6.04 Å². The molecular formula is C15H23BrClNO. The molecule has 19 heavy (non-hydrogen) atoms. The van der Waals surface area contributed by atoms with Crippen molar-refractivity contribution in [3.05, 3.63) is 33.3 Å². The molecule has 1 rings (SSSR count). The number of nitrogens with one attached hydrogen (secondary N) is 1. The van der Waals surface area contributed by atoms with Crippen LogP contribution in [0, 0.1) is 0 Å². The third kappa shape index (κ3) is 6.75. The Morgan fingerprint density at radius 1 is 1.32 bits per heavy atom. The zero-order valence-electron chi connectivity index (χ0n) is 11.7. The number of ether oxygens (including phenoxy) is 1. The molecule has 2 nitrogen and oxygen atoms in total. The minimum Gasteiger partial charge on any atom is -0.381 e. The summed E-state index contributed by atoms with van der Waals surface area (Å²) in [6.07, 6.45) is 3.37. The van der Waals surface area contributed by atoms with Gasteiger partial charge in [-0.3, -0.25) is 0 Å². The summed E-state index contributed by atoms with van der Waals surface area (Å²) in [6.45, 7) is 6.96. The van der Waals surface area contributed by atoms with Crippen molar-refractivity contribution in [1.82, 2.24) is 5.32 Å². The van der Waals surface area contributed by atoms with E-state index in [4.69, 9.17) is 16.3 Å². The van der Waals surface area contributed by atoms with Crippen LogP contribution in [-0.4, -0.2) is 19.8 Å². The summed E-state index contributed by atoms with van der Waals surface area (Å²) in [7, 11) is 0. The molecule has 0 aliphatic heterocycles. The zero-order valence-corrected chi connectivity index (χ0v) is 14.1. The lowest BCUT2D eigenvalue weighted by Crippen LogP contribution is -2.21. The minimum atomic E-state index is 0.260. The largest absolute Gasteiger partial charge is 0.381 e. The van der Waals surface area contributed by atoms with Crippen LogP contribution >= 0.6 is 27.5 Å². The highest BCUT2D eigenvalue weighted by molar-refractivity contribution is 9.10. The van der Waals surface area contributed by atoms with Crippen molar-refractivity contribution < 1.29 is 4.74 Å². The molecule has 0 heterocycles. The number of benzene rings is 1. The second-order valence-corrected chi connectivity index (χ2v) is 5.98. The van der Waals surface area contributed by atoms with Gasteiger partial charge in [-0.15, -0.1) is 0 Å². The van der Waals surface area contributed by atoms with E-state index in [1.807, 2.05) is 12.1 Å². The molecule has 1 N–H and O–H groups in total. The van der Waals surface area contributed by atoms with Gasteiger partial charge in [0.25, 0.3) is 0 Å². The fourth-order valence-electron chi connectivity index (χ4n) is 1.80. The standard InChI is InChI=1S/C15H23BrClNO/c1-3-4-9-19-10-5-8-18-12(2)14-7-6-13(16)11-15(14)17/h6-7,11-12,18H,3-5,8-10H2,1-2H3. The van der Waals surface area contributed by atoms with E-state index < -0.39 is 0 Å². The molecule has 0 saturated carbocycles. The average Bonchev–Trinajstić information content (AvgIpc) is 2.37. The van der Waals surface area contributed by atoms with Crippen molar-refractivity contribution in [3.8, 4) is 0 Å². The molecule has 0 radical (unpaired) electrons. The normalized spacial score (nSPS) is 12.6. The summed E-state index contributed by atoms with van der Waals surface area (Å²) in [4.78, 5) is 0. The van der Waals surface area contributed by atoms with Crippen molar-refractivity contribution in [3.63, 3.8) is 0 Å². The van der Waals surface area contributed by atoms with Gasteiger partial charge < -0.3 is 10.1 Å². The maximum Gasteiger partial charge on any atom is 0.0478 e. The molecule has 0 saturated heterocycles. The Morgan fingerprint density at radius 2 is 2.05 bits per heavy atom. The van der Waals surface area contributed by atoms with Gasteiger partial charge in [0, 0.05) is 28.8 Å². The van der Waals surface area contributed by atoms with Crippen molar-refractivity contribution in [2.45, 2.75) is 39.2 Å². The van der Waals surface area contributed by atoms with E-state index in [0.29, 0.717) is 0 Å². The van der Waals surface area contributed by atoms with E-state index in [1.165, 1.54) is 6.42 Å². The highest BCUT2D eigenvalue weighted by atomic mass is 79.9. The van der Waals surface area contributed by atoms with Gasteiger partial charge >= 0.3 is 0 Å². The van der Waals surface area contributed by atoms with Crippen LogP contribution in [0.25, 0.3) is 0 Å². The second-order valence-electron chi connectivity index (χ2n) is 4.66. The first-order valence-electron chi connectivity index (χ1n) is 6.91. The van der Waals surface area contributed by atoms with Gasteiger partial charge in [-0.1, -0.05) is 46.9 Å². The molecule has 0 fully saturated rings. The number of rotatable bonds is 9. The van der Waals surface area contributed by atoms with Crippen LogP contribution in [-0.2, 0) is 4.74 Å². The Balaban J connectivity index is 2.22. The molecule has 0 aromatic heterocycles. The molecule has 0 bridgehead atoms. The first-order valence-corrected chi connectivity index (χ1v) is 8.08. The molecule has 1 atom stereocenters. The van der Waals surface area contributed by atoms with Gasteiger partial charge in [-0.05, 0) is 44.0 Å². The van der Waals surface area contributed by atoms with E-state index in [0.717, 1.165) is 47.7 Å². The Hall–Kier alpha value is -0.0900. The van der Waals surface area contributed by atoms with Crippen LogP contribution in [0.2, 0.25) is 5.02 Å². The van der Waals surface area contributed by atoms with Crippen molar-refractivity contribution in [2.24, 2.45) is 0 Å². The SMILES string of the molecule is CCCCOCCCNC(C)c1ccc(Br)cc1Cl. The molecule has 0 aliphatic rings. The molecule has 0 aliphatic carbocycles. The van der Waals surface area contributed by atoms with Crippen LogP contribution < -0.4 is 5.32 Å². The van der Waals surface area contributed by atoms with E-state index in [9.17, 15) is 0 Å². The van der Waals surface area contributed by atoms with Crippen LogP contribution in [0.5, 0.6) is 0 Å². The zero-order chi connectivity index (χ0) is 14.1. The Labute approximate surface area is 130 Å². The van der Waals surface area contributed by atoms with Crippen molar-refractivity contribution >= 4 is 27.5 Å². The predicted octanol–water partition coefficient (Wildman–Crippen LogP) is 4.96. The smallest absolute Gasteiger partial charge is 0.0478 e. The van der Waals surface area contributed by atoms with Crippen molar-refractivity contribution in [1.29, 1.82) is 0 Å². The maximum atomic E-state index is 6.23. The molecule has 108 valence electrons. The summed E-state index contributed by atoms with van der Waals surface area (Å²) in [5.74, 6) is 0. The summed E-state index contributed by atoms with van der Waals surface area (Å²) in [5.41, 5.74) is 1.14. The second kappa shape index (κ2) is 9.76. The number of halogens is 2. The quantitative estimate of drug-likeness (QED) is 0.637. The lowest BCUT2D eigenvalue weighted by Gasteiger charge is -2.16. The molecular weight excluding hydrogens is 326 g/mol. The first-order chi connectivity index (χ1) is 9.15.